The first-order valence-electron chi connectivity index (χ1n) is 18.0. The zero-order chi connectivity index (χ0) is 35.9. The Morgan fingerprint density at radius 3 is 2.79 bits per heavy atom. The molecule has 2 saturated carbocycles. The van der Waals surface area contributed by atoms with Crippen molar-refractivity contribution in [2.75, 3.05) is 18.9 Å². The highest BCUT2D eigenvalue weighted by molar-refractivity contribution is 8.77. The summed E-state index contributed by atoms with van der Waals surface area (Å²) in [6, 6.07) is 4.63. The number of aliphatic hydroxyl groups excluding tert-OH is 4. The highest BCUT2D eigenvalue weighted by Crippen LogP contribution is 2.67. The molecule has 0 unspecified atom stereocenters. The topological polar surface area (TPSA) is 178 Å². The van der Waals surface area contributed by atoms with Crippen molar-refractivity contribution in [3.63, 3.8) is 0 Å². The van der Waals surface area contributed by atoms with Gasteiger partial charge in [0.25, 0.3) is 0 Å². The second-order valence-electron chi connectivity index (χ2n) is 15.7. The molecule has 12 bridgehead atoms. The number of hydrogen-bond acceptors (Lipinski definition) is 13. The van der Waals surface area contributed by atoms with Gasteiger partial charge in [-0.1, -0.05) is 63.9 Å². The van der Waals surface area contributed by atoms with Crippen molar-refractivity contribution in [2.45, 2.75) is 74.6 Å². The van der Waals surface area contributed by atoms with E-state index in [1.165, 1.54) is 39.7 Å². The van der Waals surface area contributed by atoms with Crippen LogP contribution in [0.2, 0.25) is 0 Å². The first-order chi connectivity index (χ1) is 25.0. The lowest BCUT2D eigenvalue weighted by molar-refractivity contribution is -0.320. The van der Waals surface area contributed by atoms with Crippen LogP contribution in [0.4, 0.5) is 0 Å². The van der Waals surface area contributed by atoms with E-state index in [0.717, 1.165) is 36.2 Å². The summed E-state index contributed by atoms with van der Waals surface area (Å²) >= 11 is 0. The Kier molecular flexibility index (Phi) is 7.27. The molecule has 1 aromatic carbocycles. The number of carbonyl (C=O) groups is 2. The third-order valence-electron chi connectivity index (χ3n) is 13.2. The molecule has 10 atom stereocenters. The molecule has 3 fully saturated rings. The first-order valence-corrected chi connectivity index (χ1v) is 20.4. The summed E-state index contributed by atoms with van der Waals surface area (Å²) in [6.45, 7) is 1.66. The number of carbonyl (C=O) groups excluding carboxylic acids is 2. The van der Waals surface area contributed by atoms with Gasteiger partial charge in [0.05, 0.1) is 18.1 Å². The Labute approximate surface area is 308 Å². The van der Waals surface area contributed by atoms with E-state index in [1.54, 1.807) is 35.9 Å². The predicted molar refractivity (Wildman–Crippen MR) is 193 cm³/mol. The second-order valence-corrected chi connectivity index (χ2v) is 18.1. The summed E-state index contributed by atoms with van der Waals surface area (Å²) in [7, 11) is 3.02. The van der Waals surface area contributed by atoms with Crippen LogP contribution in [0.1, 0.15) is 59.7 Å². The van der Waals surface area contributed by atoms with Crippen LogP contribution in [0.3, 0.4) is 0 Å². The monoisotopic (exact) mass is 744 g/mol. The zero-order valence-electron chi connectivity index (χ0n) is 28.4. The van der Waals surface area contributed by atoms with Crippen molar-refractivity contribution in [2.24, 2.45) is 22.7 Å². The maximum absolute atomic E-state index is 15.0. The molecule has 6 heterocycles. The number of nitrogens with one attached hydrogen (secondary N) is 2. The van der Waals surface area contributed by atoms with E-state index in [9.17, 15) is 35.1 Å². The van der Waals surface area contributed by atoms with E-state index in [0.29, 0.717) is 18.5 Å². The molecule has 2 spiro atoms. The van der Waals surface area contributed by atoms with Crippen LogP contribution in [0.5, 0.6) is 5.75 Å². The minimum absolute atomic E-state index is 0.0250. The van der Waals surface area contributed by atoms with E-state index < -0.39 is 59.3 Å². The minimum atomic E-state index is -2.20. The predicted octanol–water partition coefficient (Wildman–Crippen LogP) is 3.50. The second kappa shape index (κ2) is 11.4. The molecule has 11 aliphatic rings. The smallest absolute Gasteiger partial charge is 0.229 e. The molecular formula is C39H40N2O9S2. The molecule has 0 radical (unpaired) electrons. The third kappa shape index (κ3) is 4.13. The first kappa shape index (κ1) is 33.3. The number of allylic oxidation sites excluding steroid dienone is 9. The quantitative estimate of drug-likeness (QED) is 0.208. The fourth-order valence-corrected chi connectivity index (χ4v) is 13.9. The molecule has 52 heavy (non-hydrogen) atoms. The summed E-state index contributed by atoms with van der Waals surface area (Å²) in [6.07, 6.45) is 4.50. The Hall–Kier alpha value is -3.30. The van der Waals surface area contributed by atoms with Gasteiger partial charge in [0.2, 0.25) is 6.29 Å². The van der Waals surface area contributed by atoms with Crippen molar-refractivity contribution in [1.29, 1.82) is 0 Å². The van der Waals surface area contributed by atoms with Crippen LogP contribution in [0, 0.1) is 22.7 Å². The Bertz CT molecular complexity index is 2050. The number of hydrogen-bond donors (Lipinski definition) is 7. The Balaban J connectivity index is 1.19. The fourth-order valence-electron chi connectivity index (χ4n) is 10.9. The standard InChI is InChI=1S/C39H40N2O9S2/c1-17-12-23-30(44)19-4-2-6-24-28(19)32(46)38(23,26(43)13-17)16-51-52-35-20-8-7-18-21-5-3-10-37(21,22-9-11-40-34(41-35)29(22)27(18)20)15-39(48)31(45)25(14-42)50-36(49-24)33(39)47/h2,4,6-7,9,12-13,21,23,25,31,33,35-36,40-43,45,47-48H,3,5,8,10-11,14-16H2,1H3/t21-,23+,25+,31+,33-,35+,36+,37+,38-,39-/m0/s1. The fraction of sp³-hybridized carbons (Fsp3) is 0.487. The van der Waals surface area contributed by atoms with Gasteiger partial charge in [0.1, 0.15) is 52.0 Å². The van der Waals surface area contributed by atoms with Crippen molar-refractivity contribution in [1.82, 2.24) is 10.6 Å². The molecule has 1 aromatic rings. The van der Waals surface area contributed by atoms with Gasteiger partial charge >= 0.3 is 0 Å². The number of Topliss-reactive ketones (excluding diaryl/α,β-unsaturated/α-hetero) is 2. The van der Waals surface area contributed by atoms with Crippen molar-refractivity contribution >= 4 is 33.2 Å². The molecule has 1 saturated heterocycles. The molecule has 13 heteroatoms. The number of rotatable bonds is 1. The normalized spacial score (nSPS) is 41.4. The van der Waals surface area contributed by atoms with Gasteiger partial charge in [-0.25, -0.2) is 0 Å². The average Bonchev–Trinajstić information content (AvgIpc) is 3.77. The van der Waals surface area contributed by atoms with Crippen molar-refractivity contribution < 1.29 is 44.6 Å². The van der Waals surface area contributed by atoms with Gasteiger partial charge < -0.3 is 45.6 Å². The molecule has 6 aliphatic heterocycles. The summed E-state index contributed by atoms with van der Waals surface area (Å²) in [5, 5.41) is 66.0. The number of ketones is 2. The number of benzene rings is 1. The van der Waals surface area contributed by atoms with Gasteiger partial charge in [0, 0.05) is 28.8 Å². The lowest BCUT2D eigenvalue weighted by atomic mass is 9.54. The number of dihydropyridines is 2. The van der Waals surface area contributed by atoms with Gasteiger partial charge in [-0.05, 0) is 73.0 Å². The highest BCUT2D eigenvalue weighted by atomic mass is 33.1. The molecule has 7 N–H and O–H groups in total. The Morgan fingerprint density at radius 1 is 1.12 bits per heavy atom. The maximum Gasteiger partial charge on any atom is 0.229 e. The van der Waals surface area contributed by atoms with E-state index in [4.69, 9.17) is 9.47 Å². The average molecular weight is 745 g/mol. The molecule has 12 rings (SSSR count). The molecular weight excluding hydrogens is 705 g/mol. The van der Waals surface area contributed by atoms with E-state index in [2.05, 4.69) is 22.8 Å². The zero-order valence-corrected chi connectivity index (χ0v) is 30.1. The van der Waals surface area contributed by atoms with Gasteiger partial charge in [0.15, 0.2) is 11.6 Å². The number of aliphatic hydroxyl groups is 5. The molecule has 0 aromatic heterocycles. The third-order valence-corrected chi connectivity index (χ3v) is 15.8. The van der Waals surface area contributed by atoms with Crippen LogP contribution in [-0.4, -0.2) is 91.6 Å². The van der Waals surface area contributed by atoms with Crippen LogP contribution < -0.4 is 15.4 Å². The van der Waals surface area contributed by atoms with Crippen molar-refractivity contribution in [3.05, 3.63) is 98.6 Å². The van der Waals surface area contributed by atoms with Crippen molar-refractivity contribution in [3.8, 4) is 5.75 Å². The summed E-state index contributed by atoms with van der Waals surface area (Å²) in [4.78, 5) is 29.4. The molecule has 272 valence electrons. The summed E-state index contributed by atoms with van der Waals surface area (Å²) < 4.78 is 12.3. The van der Waals surface area contributed by atoms with Gasteiger partial charge in [-0.15, -0.1) is 0 Å². The van der Waals surface area contributed by atoms with Crippen LogP contribution in [0.15, 0.2) is 87.5 Å². The summed E-state index contributed by atoms with van der Waals surface area (Å²) in [5.41, 5.74) is 2.04. The lowest BCUT2D eigenvalue weighted by Crippen LogP contribution is -2.69. The largest absolute Gasteiger partial charge is 0.511 e. The van der Waals surface area contributed by atoms with E-state index >= 15 is 0 Å². The molecule has 0 amide bonds. The van der Waals surface area contributed by atoms with Gasteiger partial charge in [-0.3, -0.25) is 9.59 Å². The van der Waals surface area contributed by atoms with Crippen LogP contribution in [-0.2, 0) is 4.74 Å². The SMILES string of the molecule is CC1=C[C@@H]2C(=O)c3cccc4c3C(=O)[C@]2(CSS[C@H]2NC3=C5C(=CCN3)[C@]3(CCC[C@H]3C3=CCC2=C35)C[C@]2(O)[C@H](O)[C@@H](CO)O[C@@H](O4)[C@@H]2O)C(O)=C1. The van der Waals surface area contributed by atoms with Crippen LogP contribution in [0.25, 0.3) is 0 Å². The lowest BCUT2D eigenvalue weighted by Gasteiger charge is -2.55. The number of ether oxygens (including phenoxy) is 2. The van der Waals surface area contributed by atoms with Crippen LogP contribution >= 0.6 is 21.6 Å². The molecule has 11 nitrogen and oxygen atoms in total. The van der Waals surface area contributed by atoms with E-state index in [-0.39, 0.29) is 51.9 Å². The summed E-state index contributed by atoms with van der Waals surface area (Å²) in [5.74, 6) is -1.08. The van der Waals surface area contributed by atoms with E-state index in [1.807, 2.05) is 0 Å². The minimum Gasteiger partial charge on any atom is -0.511 e. The highest BCUT2D eigenvalue weighted by Gasteiger charge is 2.65. The molecule has 5 aliphatic carbocycles. The Morgan fingerprint density at radius 2 is 1.96 bits per heavy atom. The maximum atomic E-state index is 15.0. The van der Waals surface area contributed by atoms with Gasteiger partial charge in [-0.2, -0.15) is 0 Å².